The molecule has 0 saturated carbocycles. The molecule has 2 unspecified atom stereocenters. The Balaban J connectivity index is 2.19. The number of hydrogen-bond acceptors (Lipinski definition) is 4. The lowest BCUT2D eigenvalue weighted by atomic mass is 10.2. The number of rotatable bonds is 5. The highest BCUT2D eigenvalue weighted by atomic mass is 32.2. The van der Waals surface area contributed by atoms with Gasteiger partial charge in [-0.2, -0.15) is 11.8 Å². The molecule has 2 amide bonds. The molecule has 1 fully saturated rings. The predicted molar refractivity (Wildman–Crippen MR) is 60.3 cm³/mol. The van der Waals surface area contributed by atoms with Crippen LogP contribution >= 0.6 is 11.8 Å². The van der Waals surface area contributed by atoms with E-state index in [1.54, 1.807) is 0 Å². The summed E-state index contributed by atoms with van der Waals surface area (Å²) in [5.41, 5.74) is 10.4. The summed E-state index contributed by atoms with van der Waals surface area (Å²) in [7, 11) is 0. The Morgan fingerprint density at radius 2 is 2.27 bits per heavy atom. The fraction of sp³-hybridized carbons (Fsp3) is 0.778. The third-order valence-electron chi connectivity index (χ3n) is 2.29. The molecule has 0 spiro atoms. The lowest BCUT2D eigenvalue weighted by Crippen LogP contribution is -2.44. The third kappa shape index (κ3) is 4.53. The van der Waals surface area contributed by atoms with E-state index in [-0.39, 0.29) is 12.3 Å². The SMILES string of the molecule is NC(=O)CC(N)C(=O)NCC1CCCS1. The van der Waals surface area contributed by atoms with Crippen LogP contribution in [-0.4, -0.2) is 35.4 Å². The highest BCUT2D eigenvalue weighted by Gasteiger charge is 2.19. The second-order valence-corrected chi connectivity index (χ2v) is 5.07. The number of amides is 2. The summed E-state index contributed by atoms with van der Waals surface area (Å²) in [5.74, 6) is 0.322. The molecule has 0 aromatic carbocycles. The Bertz CT molecular complexity index is 242. The molecule has 0 bridgehead atoms. The summed E-state index contributed by atoms with van der Waals surface area (Å²) in [6, 6.07) is -0.811. The zero-order chi connectivity index (χ0) is 11.3. The van der Waals surface area contributed by atoms with E-state index in [4.69, 9.17) is 11.5 Å². The van der Waals surface area contributed by atoms with E-state index in [0.29, 0.717) is 11.8 Å². The lowest BCUT2D eigenvalue weighted by Gasteiger charge is -2.13. The molecule has 1 saturated heterocycles. The van der Waals surface area contributed by atoms with E-state index in [0.717, 1.165) is 12.2 Å². The average Bonchev–Trinajstić information content (AvgIpc) is 2.65. The van der Waals surface area contributed by atoms with Crippen molar-refractivity contribution in [2.24, 2.45) is 11.5 Å². The van der Waals surface area contributed by atoms with Crippen molar-refractivity contribution in [2.45, 2.75) is 30.6 Å². The van der Waals surface area contributed by atoms with Gasteiger partial charge >= 0.3 is 0 Å². The van der Waals surface area contributed by atoms with Gasteiger partial charge in [0, 0.05) is 11.8 Å². The summed E-state index contributed by atoms with van der Waals surface area (Å²) in [5, 5.41) is 3.23. The minimum absolute atomic E-state index is 0.0936. The second kappa shape index (κ2) is 5.97. The first-order valence-corrected chi connectivity index (χ1v) is 6.07. The summed E-state index contributed by atoms with van der Waals surface area (Å²) < 4.78 is 0. The smallest absolute Gasteiger partial charge is 0.237 e. The fourth-order valence-electron chi connectivity index (χ4n) is 1.46. The quantitative estimate of drug-likeness (QED) is 0.577. The fourth-order valence-corrected chi connectivity index (χ4v) is 2.66. The number of primary amides is 1. The summed E-state index contributed by atoms with van der Waals surface area (Å²) in [4.78, 5) is 21.9. The van der Waals surface area contributed by atoms with Crippen molar-refractivity contribution in [3.05, 3.63) is 0 Å². The number of thioether (sulfide) groups is 1. The van der Waals surface area contributed by atoms with Crippen molar-refractivity contribution in [1.29, 1.82) is 0 Å². The van der Waals surface area contributed by atoms with Crippen molar-refractivity contribution < 1.29 is 9.59 Å². The van der Waals surface area contributed by atoms with Crippen LogP contribution in [0.2, 0.25) is 0 Å². The molecule has 5 N–H and O–H groups in total. The normalized spacial score (nSPS) is 22.3. The standard InChI is InChI=1S/C9H17N3O2S/c10-7(4-8(11)13)9(14)12-5-6-2-1-3-15-6/h6-7H,1-5,10H2,(H2,11,13)(H,12,14). The van der Waals surface area contributed by atoms with Crippen LogP contribution in [0.3, 0.4) is 0 Å². The number of carbonyl (C=O) groups excluding carboxylic acids is 2. The van der Waals surface area contributed by atoms with Gasteiger partial charge in [-0.05, 0) is 18.6 Å². The van der Waals surface area contributed by atoms with Crippen LogP contribution in [0.5, 0.6) is 0 Å². The first kappa shape index (κ1) is 12.3. The predicted octanol–water partition coefficient (Wildman–Crippen LogP) is -0.799. The van der Waals surface area contributed by atoms with Crippen LogP contribution in [0.1, 0.15) is 19.3 Å². The van der Waals surface area contributed by atoms with E-state index >= 15 is 0 Å². The number of nitrogens with one attached hydrogen (secondary N) is 1. The van der Waals surface area contributed by atoms with E-state index < -0.39 is 11.9 Å². The van der Waals surface area contributed by atoms with Crippen LogP contribution in [0, 0.1) is 0 Å². The number of carbonyl (C=O) groups is 2. The van der Waals surface area contributed by atoms with Crippen molar-refractivity contribution in [1.82, 2.24) is 5.32 Å². The maximum atomic E-state index is 11.4. The Morgan fingerprint density at radius 1 is 1.53 bits per heavy atom. The third-order valence-corrected chi connectivity index (χ3v) is 3.68. The van der Waals surface area contributed by atoms with Crippen LogP contribution in [0.15, 0.2) is 0 Å². The van der Waals surface area contributed by atoms with Crippen molar-refractivity contribution in [3.8, 4) is 0 Å². The van der Waals surface area contributed by atoms with Crippen LogP contribution < -0.4 is 16.8 Å². The van der Waals surface area contributed by atoms with Gasteiger partial charge in [-0.1, -0.05) is 0 Å². The molecule has 6 heteroatoms. The minimum Gasteiger partial charge on any atom is -0.370 e. The molecule has 0 radical (unpaired) electrons. The van der Waals surface area contributed by atoms with Gasteiger partial charge in [-0.3, -0.25) is 9.59 Å². The van der Waals surface area contributed by atoms with Gasteiger partial charge < -0.3 is 16.8 Å². The van der Waals surface area contributed by atoms with Crippen molar-refractivity contribution in [2.75, 3.05) is 12.3 Å². The molecular weight excluding hydrogens is 214 g/mol. The van der Waals surface area contributed by atoms with Gasteiger partial charge in [0.1, 0.15) is 0 Å². The molecule has 5 nitrogen and oxygen atoms in total. The zero-order valence-electron chi connectivity index (χ0n) is 8.57. The highest BCUT2D eigenvalue weighted by Crippen LogP contribution is 2.25. The molecular formula is C9H17N3O2S. The maximum absolute atomic E-state index is 11.4. The molecule has 1 aliphatic rings. The van der Waals surface area contributed by atoms with E-state index in [9.17, 15) is 9.59 Å². The molecule has 1 aliphatic heterocycles. The summed E-state index contributed by atoms with van der Waals surface area (Å²) in [6.45, 7) is 0.635. The molecule has 0 aromatic heterocycles. The van der Waals surface area contributed by atoms with Crippen LogP contribution in [0.4, 0.5) is 0 Å². The largest absolute Gasteiger partial charge is 0.370 e. The Morgan fingerprint density at radius 3 is 2.80 bits per heavy atom. The first-order valence-electron chi connectivity index (χ1n) is 5.03. The molecule has 15 heavy (non-hydrogen) atoms. The molecule has 1 heterocycles. The Labute approximate surface area is 93.3 Å². The van der Waals surface area contributed by atoms with E-state index in [1.807, 2.05) is 11.8 Å². The van der Waals surface area contributed by atoms with Crippen molar-refractivity contribution >= 4 is 23.6 Å². The van der Waals surface area contributed by atoms with Crippen LogP contribution in [-0.2, 0) is 9.59 Å². The number of hydrogen-bond donors (Lipinski definition) is 3. The molecule has 1 rings (SSSR count). The van der Waals surface area contributed by atoms with Crippen LogP contribution in [0.25, 0.3) is 0 Å². The highest BCUT2D eigenvalue weighted by molar-refractivity contribution is 8.00. The van der Waals surface area contributed by atoms with Gasteiger partial charge in [-0.15, -0.1) is 0 Å². The van der Waals surface area contributed by atoms with E-state index in [2.05, 4.69) is 5.32 Å². The Kier molecular flexibility index (Phi) is 4.90. The van der Waals surface area contributed by atoms with Gasteiger partial charge in [0.15, 0.2) is 0 Å². The lowest BCUT2D eigenvalue weighted by molar-refractivity contribution is -0.126. The van der Waals surface area contributed by atoms with Crippen molar-refractivity contribution in [3.63, 3.8) is 0 Å². The molecule has 0 aliphatic carbocycles. The Hall–Kier alpha value is -0.750. The van der Waals surface area contributed by atoms with Gasteiger partial charge in [0.05, 0.1) is 12.5 Å². The summed E-state index contributed by atoms with van der Waals surface area (Å²) >= 11 is 1.86. The number of nitrogens with two attached hydrogens (primary N) is 2. The van der Waals surface area contributed by atoms with E-state index in [1.165, 1.54) is 6.42 Å². The molecule has 2 atom stereocenters. The summed E-state index contributed by atoms with van der Waals surface area (Å²) in [6.07, 6.45) is 2.25. The van der Waals surface area contributed by atoms with Gasteiger partial charge in [0.2, 0.25) is 11.8 Å². The maximum Gasteiger partial charge on any atom is 0.237 e. The zero-order valence-corrected chi connectivity index (χ0v) is 9.39. The average molecular weight is 231 g/mol. The first-order chi connectivity index (χ1) is 7.09. The monoisotopic (exact) mass is 231 g/mol. The van der Waals surface area contributed by atoms with Gasteiger partial charge in [0.25, 0.3) is 0 Å². The second-order valence-electron chi connectivity index (χ2n) is 3.66. The molecule has 0 aromatic rings. The molecule has 86 valence electrons. The van der Waals surface area contributed by atoms with Gasteiger partial charge in [-0.25, -0.2) is 0 Å². The minimum atomic E-state index is -0.811. The topological polar surface area (TPSA) is 98.2 Å².